The minimum atomic E-state index is -0.387. The molecule has 0 radical (unpaired) electrons. The quantitative estimate of drug-likeness (QED) is 0.559. The Labute approximate surface area is 184 Å². The first-order valence-electron chi connectivity index (χ1n) is 9.96. The third kappa shape index (κ3) is 4.97. The standard InChI is InChI=1S/C23H22N4O3S/c1-15-26-20(14-31-15)18-6-2-16(3-7-18)10-11-24-22(29)19-8-4-17(5-9-19)13-27-21(28)12-25-23(27)30/h2-9,14H,10-13H2,1H3,(H,24,29)(H,25,30). The van der Waals surface area contributed by atoms with Crippen LogP contribution in [0, 0.1) is 6.92 Å². The van der Waals surface area contributed by atoms with E-state index in [2.05, 4.69) is 39.9 Å². The number of nitrogens with one attached hydrogen (secondary N) is 2. The van der Waals surface area contributed by atoms with Gasteiger partial charge < -0.3 is 10.6 Å². The van der Waals surface area contributed by atoms with Crippen LogP contribution in [0.25, 0.3) is 11.3 Å². The maximum absolute atomic E-state index is 12.4. The van der Waals surface area contributed by atoms with Gasteiger partial charge in [-0.05, 0) is 36.6 Å². The zero-order chi connectivity index (χ0) is 21.8. The zero-order valence-electron chi connectivity index (χ0n) is 17.1. The van der Waals surface area contributed by atoms with Crippen molar-refractivity contribution in [2.45, 2.75) is 19.9 Å². The fourth-order valence-electron chi connectivity index (χ4n) is 3.32. The summed E-state index contributed by atoms with van der Waals surface area (Å²) in [4.78, 5) is 41.3. The maximum Gasteiger partial charge on any atom is 0.324 e. The van der Waals surface area contributed by atoms with E-state index in [9.17, 15) is 14.4 Å². The van der Waals surface area contributed by atoms with Crippen molar-refractivity contribution < 1.29 is 14.4 Å². The van der Waals surface area contributed by atoms with Crippen LogP contribution in [-0.2, 0) is 17.8 Å². The summed E-state index contributed by atoms with van der Waals surface area (Å²) in [7, 11) is 0. The molecule has 1 aliphatic rings. The molecule has 2 heterocycles. The van der Waals surface area contributed by atoms with Crippen LogP contribution in [0.1, 0.15) is 26.5 Å². The number of urea groups is 1. The SMILES string of the molecule is Cc1nc(-c2ccc(CCNC(=O)c3ccc(CN4C(=O)CNC4=O)cc3)cc2)cs1. The van der Waals surface area contributed by atoms with Gasteiger partial charge in [-0.15, -0.1) is 11.3 Å². The van der Waals surface area contributed by atoms with Gasteiger partial charge in [-0.3, -0.25) is 14.5 Å². The van der Waals surface area contributed by atoms with Crippen LogP contribution in [0.4, 0.5) is 4.79 Å². The van der Waals surface area contributed by atoms with Crippen LogP contribution < -0.4 is 10.6 Å². The lowest BCUT2D eigenvalue weighted by molar-refractivity contribution is -0.125. The number of amides is 4. The third-order valence-corrected chi connectivity index (χ3v) is 5.84. The van der Waals surface area contributed by atoms with Crippen LogP contribution in [0.15, 0.2) is 53.9 Å². The molecule has 158 valence electrons. The second-order valence-corrected chi connectivity index (χ2v) is 8.35. The van der Waals surface area contributed by atoms with Gasteiger partial charge in [0.25, 0.3) is 5.91 Å². The molecule has 1 saturated heterocycles. The minimum absolute atomic E-state index is 0.0343. The Hall–Kier alpha value is -3.52. The Bertz CT molecular complexity index is 1090. The van der Waals surface area contributed by atoms with E-state index >= 15 is 0 Å². The summed E-state index contributed by atoms with van der Waals surface area (Å²) in [6, 6.07) is 14.7. The number of benzene rings is 2. The first-order chi connectivity index (χ1) is 15.0. The largest absolute Gasteiger partial charge is 0.352 e. The summed E-state index contributed by atoms with van der Waals surface area (Å²) in [6.45, 7) is 2.75. The molecule has 4 rings (SSSR count). The molecule has 7 nitrogen and oxygen atoms in total. The highest BCUT2D eigenvalue weighted by atomic mass is 32.1. The molecule has 3 aromatic rings. The van der Waals surface area contributed by atoms with Crippen molar-refractivity contribution in [3.05, 3.63) is 75.6 Å². The van der Waals surface area contributed by atoms with E-state index in [-0.39, 0.29) is 30.9 Å². The van der Waals surface area contributed by atoms with Crippen molar-refractivity contribution in [3.8, 4) is 11.3 Å². The van der Waals surface area contributed by atoms with Crippen molar-refractivity contribution in [2.24, 2.45) is 0 Å². The Morgan fingerprint density at radius 1 is 1.10 bits per heavy atom. The van der Waals surface area contributed by atoms with Crippen LogP contribution in [-0.4, -0.2) is 40.8 Å². The molecular formula is C23H22N4O3S. The van der Waals surface area contributed by atoms with Gasteiger partial charge in [0, 0.05) is 23.1 Å². The average Bonchev–Trinajstić information content (AvgIpc) is 3.35. The normalized spacial score (nSPS) is 13.4. The first kappa shape index (κ1) is 20.7. The molecule has 1 aliphatic heterocycles. The smallest absolute Gasteiger partial charge is 0.324 e. The molecular weight excluding hydrogens is 412 g/mol. The molecule has 1 fully saturated rings. The van der Waals surface area contributed by atoms with Gasteiger partial charge in [0.15, 0.2) is 0 Å². The lowest BCUT2D eigenvalue weighted by Gasteiger charge is -2.12. The number of imide groups is 1. The van der Waals surface area contributed by atoms with Gasteiger partial charge in [0.05, 0.1) is 23.8 Å². The monoisotopic (exact) mass is 434 g/mol. The zero-order valence-corrected chi connectivity index (χ0v) is 17.9. The second-order valence-electron chi connectivity index (χ2n) is 7.29. The lowest BCUT2D eigenvalue weighted by Crippen LogP contribution is -2.30. The van der Waals surface area contributed by atoms with Crippen molar-refractivity contribution in [2.75, 3.05) is 13.1 Å². The summed E-state index contributed by atoms with van der Waals surface area (Å²) >= 11 is 1.63. The van der Waals surface area contributed by atoms with Crippen LogP contribution in [0.2, 0.25) is 0 Å². The molecule has 1 aromatic heterocycles. The Balaban J connectivity index is 1.27. The highest BCUT2D eigenvalue weighted by molar-refractivity contribution is 7.09. The minimum Gasteiger partial charge on any atom is -0.352 e. The molecule has 0 aliphatic carbocycles. The summed E-state index contributed by atoms with van der Waals surface area (Å²) in [5, 5.41) is 8.51. The number of thiazole rings is 1. The van der Waals surface area contributed by atoms with Gasteiger partial charge in [-0.25, -0.2) is 9.78 Å². The molecule has 0 unspecified atom stereocenters. The van der Waals surface area contributed by atoms with E-state index in [0.717, 1.165) is 38.7 Å². The molecule has 0 saturated carbocycles. The number of nitrogens with zero attached hydrogens (tertiary/aromatic N) is 2. The topological polar surface area (TPSA) is 91.4 Å². The maximum atomic E-state index is 12.4. The van der Waals surface area contributed by atoms with Gasteiger partial charge in [0.2, 0.25) is 5.91 Å². The summed E-state index contributed by atoms with van der Waals surface area (Å²) in [5.74, 6) is -0.405. The molecule has 8 heteroatoms. The van der Waals surface area contributed by atoms with Crippen molar-refractivity contribution in [1.29, 1.82) is 0 Å². The van der Waals surface area contributed by atoms with E-state index in [1.807, 2.05) is 12.3 Å². The van der Waals surface area contributed by atoms with E-state index < -0.39 is 0 Å². The fraction of sp³-hybridized carbons (Fsp3) is 0.217. The summed E-state index contributed by atoms with van der Waals surface area (Å²) in [6.07, 6.45) is 0.729. The van der Waals surface area contributed by atoms with E-state index in [0.29, 0.717) is 12.1 Å². The summed E-state index contributed by atoms with van der Waals surface area (Å²) in [5.41, 5.74) is 4.54. The number of aromatic nitrogens is 1. The molecule has 0 atom stereocenters. The van der Waals surface area contributed by atoms with E-state index in [1.54, 1.807) is 35.6 Å². The molecule has 0 spiro atoms. The first-order valence-corrected chi connectivity index (χ1v) is 10.8. The number of hydrogen-bond donors (Lipinski definition) is 2. The fourth-order valence-corrected chi connectivity index (χ4v) is 3.94. The molecule has 0 bridgehead atoms. The van der Waals surface area contributed by atoms with Crippen molar-refractivity contribution in [1.82, 2.24) is 20.5 Å². The Morgan fingerprint density at radius 3 is 2.42 bits per heavy atom. The van der Waals surface area contributed by atoms with Crippen molar-refractivity contribution >= 4 is 29.2 Å². The highest BCUT2D eigenvalue weighted by Crippen LogP contribution is 2.21. The number of rotatable bonds is 7. The molecule has 2 N–H and O–H groups in total. The van der Waals surface area contributed by atoms with Gasteiger partial charge in [-0.2, -0.15) is 0 Å². The number of aryl methyl sites for hydroxylation is 1. The highest BCUT2D eigenvalue weighted by Gasteiger charge is 2.28. The number of hydrogen-bond acceptors (Lipinski definition) is 5. The van der Waals surface area contributed by atoms with Crippen molar-refractivity contribution in [3.63, 3.8) is 0 Å². The molecule has 2 aromatic carbocycles. The van der Waals surface area contributed by atoms with E-state index in [4.69, 9.17) is 0 Å². The Morgan fingerprint density at radius 2 is 1.81 bits per heavy atom. The average molecular weight is 435 g/mol. The number of carbonyl (C=O) groups is 3. The lowest BCUT2D eigenvalue weighted by atomic mass is 10.1. The van der Waals surface area contributed by atoms with Gasteiger partial charge >= 0.3 is 6.03 Å². The van der Waals surface area contributed by atoms with Crippen LogP contribution in [0.5, 0.6) is 0 Å². The van der Waals surface area contributed by atoms with Crippen LogP contribution in [0.3, 0.4) is 0 Å². The summed E-state index contributed by atoms with van der Waals surface area (Å²) < 4.78 is 0. The third-order valence-electron chi connectivity index (χ3n) is 5.06. The number of carbonyl (C=O) groups excluding carboxylic acids is 3. The molecule has 4 amide bonds. The predicted octanol–water partition coefficient (Wildman–Crippen LogP) is 3.14. The van der Waals surface area contributed by atoms with Crippen LogP contribution >= 0.6 is 11.3 Å². The second kappa shape index (κ2) is 9.09. The molecule has 31 heavy (non-hydrogen) atoms. The van der Waals surface area contributed by atoms with Gasteiger partial charge in [-0.1, -0.05) is 36.4 Å². The Kier molecular flexibility index (Phi) is 6.08. The van der Waals surface area contributed by atoms with Gasteiger partial charge in [0.1, 0.15) is 0 Å². The van der Waals surface area contributed by atoms with E-state index in [1.165, 1.54) is 0 Å². The predicted molar refractivity (Wildman–Crippen MR) is 119 cm³/mol.